The number of aromatic nitrogens is 2. The van der Waals surface area contributed by atoms with Gasteiger partial charge >= 0.3 is 0 Å². The zero-order chi connectivity index (χ0) is 25.4. The Kier molecular flexibility index (Phi) is 6.37. The average molecular weight is 496 g/mol. The van der Waals surface area contributed by atoms with Crippen LogP contribution in [0.25, 0.3) is 11.0 Å². The summed E-state index contributed by atoms with van der Waals surface area (Å²) in [4.78, 5) is 13.5. The number of para-hydroxylation sites is 2. The first kappa shape index (κ1) is 24.0. The van der Waals surface area contributed by atoms with E-state index in [4.69, 9.17) is 16.0 Å². The molecule has 3 fully saturated rings. The van der Waals surface area contributed by atoms with Crippen LogP contribution in [0.4, 0.5) is 0 Å². The van der Waals surface area contributed by atoms with E-state index in [2.05, 4.69) is 80.9 Å². The van der Waals surface area contributed by atoms with Crippen LogP contribution >= 0.6 is 0 Å². The average Bonchev–Trinajstić information content (AvgIpc) is 3.39. The number of aryl methyl sites for hydroxylation is 1. The second kappa shape index (κ2) is 9.83. The van der Waals surface area contributed by atoms with E-state index < -0.39 is 0 Å². The van der Waals surface area contributed by atoms with Crippen molar-refractivity contribution in [1.29, 1.82) is 5.26 Å². The number of nitrogens with two attached hydrogens (primary N) is 1. The first-order valence-electron chi connectivity index (χ1n) is 13.8. The lowest BCUT2D eigenvalue weighted by Gasteiger charge is -2.45. The van der Waals surface area contributed by atoms with Crippen LogP contribution < -0.4 is 5.73 Å². The van der Waals surface area contributed by atoms with Gasteiger partial charge in [0.1, 0.15) is 5.82 Å². The normalized spacial score (nSPS) is 25.9. The number of benzene rings is 2. The molecule has 3 aliphatic rings. The summed E-state index contributed by atoms with van der Waals surface area (Å²) in [6.07, 6.45) is 10.1. The molecule has 2 aromatic carbocycles. The topological polar surface area (TPSA) is 86.5 Å². The van der Waals surface area contributed by atoms with Gasteiger partial charge in [0.15, 0.2) is 0 Å². The van der Waals surface area contributed by atoms with Gasteiger partial charge in [-0.3, -0.25) is 4.90 Å². The van der Waals surface area contributed by atoms with Crippen LogP contribution in [0.1, 0.15) is 62.4 Å². The molecule has 2 unspecified atom stereocenters. The van der Waals surface area contributed by atoms with Gasteiger partial charge in [-0.1, -0.05) is 42.5 Å². The summed E-state index contributed by atoms with van der Waals surface area (Å²) in [5.41, 5.74) is 10.0. The Balaban J connectivity index is 1.18. The molecule has 2 atom stereocenters. The zero-order valence-corrected chi connectivity index (χ0v) is 21.8. The van der Waals surface area contributed by atoms with E-state index in [1.165, 1.54) is 36.8 Å². The van der Waals surface area contributed by atoms with Crippen molar-refractivity contribution in [3.05, 3.63) is 66.0 Å². The fourth-order valence-corrected chi connectivity index (χ4v) is 7.55. The van der Waals surface area contributed by atoms with Gasteiger partial charge in [-0.05, 0) is 81.5 Å². The monoisotopic (exact) mass is 495 g/mol. The predicted octanol–water partition coefficient (Wildman–Crippen LogP) is 4.73. The fraction of sp³-hybridized carbons (Fsp3) is 0.500. The Morgan fingerprint density at radius 1 is 1.03 bits per heavy atom. The number of guanidine groups is 1. The van der Waals surface area contributed by atoms with Crippen molar-refractivity contribution >= 4 is 17.0 Å². The summed E-state index contributed by atoms with van der Waals surface area (Å²) < 4.78 is 2.52. The maximum atomic E-state index is 8.92. The Morgan fingerprint density at radius 2 is 1.70 bits per heavy atom. The lowest BCUT2D eigenvalue weighted by Crippen LogP contribution is -2.50. The lowest BCUT2D eigenvalue weighted by atomic mass is 9.70. The molecular weight excluding hydrogens is 458 g/mol. The van der Waals surface area contributed by atoms with Crippen molar-refractivity contribution in [1.82, 2.24) is 19.4 Å². The molecule has 192 valence electrons. The molecule has 0 spiro atoms. The third kappa shape index (κ3) is 4.38. The second-order valence-corrected chi connectivity index (χ2v) is 11.2. The van der Waals surface area contributed by atoms with Crippen molar-refractivity contribution in [3.63, 3.8) is 0 Å². The van der Waals surface area contributed by atoms with Crippen LogP contribution in [0.2, 0.25) is 0 Å². The highest BCUT2D eigenvalue weighted by atomic mass is 15.3. The van der Waals surface area contributed by atoms with Crippen molar-refractivity contribution < 1.29 is 0 Å². The van der Waals surface area contributed by atoms with Gasteiger partial charge in [0, 0.05) is 31.2 Å². The molecular formula is C30H37N7. The Labute approximate surface area is 219 Å². The van der Waals surface area contributed by atoms with Gasteiger partial charge < -0.3 is 15.2 Å². The number of nitriles is 1. The third-order valence-corrected chi connectivity index (χ3v) is 9.44. The number of hydrogen-bond acceptors (Lipinski definition) is 4. The number of rotatable bonds is 5. The lowest BCUT2D eigenvalue weighted by molar-refractivity contribution is 0.0888. The standard InChI is InChI=1S/C30H37N7/c1-22-34-27-9-5-6-10-28(27)37(22)26-19-24-11-12-25(20-26)36(24)18-15-30(23-7-3-2-4-8-23)13-16-35(17-14-30)29(32)33-21-31/h2-10,24-26H,11-20H2,1H3,(H2,32,33). The number of likely N-dealkylation sites (tertiary alicyclic amines) is 1. The molecule has 6 rings (SSSR count). The maximum Gasteiger partial charge on any atom is 0.209 e. The van der Waals surface area contributed by atoms with Gasteiger partial charge in [0.05, 0.1) is 11.0 Å². The first-order chi connectivity index (χ1) is 18.1. The van der Waals surface area contributed by atoms with E-state index in [0.29, 0.717) is 24.1 Å². The van der Waals surface area contributed by atoms with Crippen molar-refractivity contribution in [3.8, 4) is 6.19 Å². The second-order valence-electron chi connectivity index (χ2n) is 11.2. The molecule has 4 heterocycles. The van der Waals surface area contributed by atoms with E-state index in [1.54, 1.807) is 0 Å². The molecule has 2 N–H and O–H groups in total. The summed E-state index contributed by atoms with van der Waals surface area (Å²) in [5, 5.41) is 8.92. The summed E-state index contributed by atoms with van der Waals surface area (Å²) in [6, 6.07) is 21.5. The van der Waals surface area contributed by atoms with Gasteiger partial charge in [-0.15, -0.1) is 4.99 Å². The first-order valence-corrected chi connectivity index (χ1v) is 13.8. The Morgan fingerprint density at radius 3 is 2.41 bits per heavy atom. The maximum absolute atomic E-state index is 8.92. The smallest absolute Gasteiger partial charge is 0.209 e. The summed E-state index contributed by atoms with van der Waals surface area (Å²) in [7, 11) is 0. The van der Waals surface area contributed by atoms with Gasteiger partial charge in [0.25, 0.3) is 0 Å². The van der Waals surface area contributed by atoms with Crippen molar-refractivity contribution in [2.75, 3.05) is 19.6 Å². The van der Waals surface area contributed by atoms with Crippen LogP contribution in [0.5, 0.6) is 0 Å². The molecule has 3 aromatic rings. The predicted molar refractivity (Wildman–Crippen MR) is 147 cm³/mol. The molecule has 0 amide bonds. The highest BCUT2D eigenvalue weighted by molar-refractivity contribution is 5.79. The molecule has 3 aliphatic heterocycles. The zero-order valence-electron chi connectivity index (χ0n) is 21.8. The summed E-state index contributed by atoms with van der Waals surface area (Å²) in [6.45, 7) is 4.99. The minimum absolute atomic E-state index is 0.137. The molecule has 7 heteroatoms. The SMILES string of the molecule is Cc1nc2ccccc2n1C1CC2CCC(C1)N2CCC1(c2ccccc2)CCN(/C(N)=N/C#N)CC1. The molecule has 3 saturated heterocycles. The van der Waals surface area contributed by atoms with Crippen molar-refractivity contribution in [2.45, 2.75) is 75.4 Å². The van der Waals surface area contributed by atoms with Crippen LogP contribution in [-0.2, 0) is 5.41 Å². The molecule has 0 saturated carbocycles. The molecule has 0 aliphatic carbocycles. The number of fused-ring (bicyclic) bond motifs is 3. The Hall–Kier alpha value is -3.37. The highest BCUT2D eigenvalue weighted by Crippen LogP contribution is 2.45. The van der Waals surface area contributed by atoms with E-state index in [9.17, 15) is 0 Å². The molecule has 2 bridgehead atoms. The molecule has 1 aromatic heterocycles. The van der Waals surface area contributed by atoms with E-state index in [0.717, 1.165) is 50.2 Å². The Bertz CT molecular complexity index is 1300. The quantitative estimate of drug-likeness (QED) is 0.314. The molecule has 37 heavy (non-hydrogen) atoms. The van der Waals surface area contributed by atoms with Crippen LogP contribution in [-0.4, -0.2) is 57.0 Å². The van der Waals surface area contributed by atoms with Crippen LogP contribution in [0, 0.1) is 18.4 Å². The van der Waals surface area contributed by atoms with E-state index in [-0.39, 0.29) is 5.41 Å². The number of piperidine rings is 2. The summed E-state index contributed by atoms with van der Waals surface area (Å²) in [5.74, 6) is 1.50. The number of hydrogen-bond donors (Lipinski definition) is 1. The minimum Gasteiger partial charge on any atom is -0.369 e. The summed E-state index contributed by atoms with van der Waals surface area (Å²) >= 11 is 0. The third-order valence-electron chi connectivity index (χ3n) is 9.44. The fourth-order valence-electron chi connectivity index (χ4n) is 7.55. The van der Waals surface area contributed by atoms with Crippen LogP contribution in [0.3, 0.4) is 0 Å². The highest BCUT2D eigenvalue weighted by Gasteiger charge is 2.44. The number of nitrogens with zero attached hydrogens (tertiary/aromatic N) is 6. The minimum atomic E-state index is 0.137. The number of imidazole rings is 1. The van der Waals surface area contributed by atoms with E-state index in [1.807, 2.05) is 6.19 Å². The van der Waals surface area contributed by atoms with Gasteiger partial charge in [0.2, 0.25) is 12.2 Å². The van der Waals surface area contributed by atoms with Crippen LogP contribution in [0.15, 0.2) is 59.6 Å². The van der Waals surface area contributed by atoms with Gasteiger partial charge in [-0.2, -0.15) is 5.26 Å². The molecule has 0 radical (unpaired) electrons. The molecule has 7 nitrogen and oxygen atoms in total. The number of aliphatic imine (C=N–C) groups is 1. The van der Waals surface area contributed by atoms with Crippen molar-refractivity contribution in [2.24, 2.45) is 10.7 Å². The van der Waals surface area contributed by atoms with E-state index >= 15 is 0 Å². The van der Waals surface area contributed by atoms with Gasteiger partial charge in [-0.25, -0.2) is 4.98 Å². The largest absolute Gasteiger partial charge is 0.369 e.